The number of nitrogens with zero attached hydrogens (tertiary/aromatic N) is 3. The highest BCUT2D eigenvalue weighted by Gasteiger charge is 2.25. The number of aliphatic imine (C=N–C) groups is 1. The molecule has 1 aliphatic rings. The molecule has 3 rings (SSSR count). The van der Waals surface area contributed by atoms with E-state index in [1.807, 2.05) is 31.2 Å². The number of rotatable bonds is 2. The maximum absolute atomic E-state index is 11.7. The molecule has 2 heterocycles. The van der Waals surface area contributed by atoms with Crippen molar-refractivity contribution < 1.29 is 10.1 Å². The van der Waals surface area contributed by atoms with Gasteiger partial charge in [-0.15, -0.1) is 0 Å². The molecule has 1 aliphatic heterocycles. The van der Waals surface area contributed by atoms with Crippen molar-refractivity contribution in [2.75, 3.05) is 5.32 Å². The van der Waals surface area contributed by atoms with E-state index in [-0.39, 0.29) is 11.9 Å². The molecular formula is C14H15N6O+. The smallest absolute Gasteiger partial charge is 0.282 e. The van der Waals surface area contributed by atoms with Gasteiger partial charge in [0.2, 0.25) is 5.84 Å². The lowest BCUT2D eigenvalue weighted by Crippen LogP contribution is -2.94. The number of hydrogen-bond acceptors (Lipinski definition) is 3. The van der Waals surface area contributed by atoms with E-state index < -0.39 is 0 Å². The Hall–Kier alpha value is -2.80. The van der Waals surface area contributed by atoms with Gasteiger partial charge in [0.05, 0.1) is 23.0 Å². The normalized spacial score (nSPS) is 15.7. The summed E-state index contributed by atoms with van der Waals surface area (Å²) < 4.78 is 1.73. The lowest BCUT2D eigenvalue weighted by atomic mass is 10.1. The average Bonchev–Trinajstić information content (AvgIpc) is 2.96. The average molecular weight is 283 g/mol. The SMILES string of the molecule is CCn1cc(C(=N)N=C2[NH2+]C(=O)Nc3ccccc32)cn1. The monoisotopic (exact) mass is 283 g/mol. The third-order valence-electron chi connectivity index (χ3n) is 3.19. The van der Waals surface area contributed by atoms with Crippen LogP contribution in [0.1, 0.15) is 18.1 Å². The quantitative estimate of drug-likeness (QED) is 0.560. The molecule has 21 heavy (non-hydrogen) atoms. The first-order valence-electron chi connectivity index (χ1n) is 6.62. The summed E-state index contributed by atoms with van der Waals surface area (Å²) in [6.07, 6.45) is 3.37. The highest BCUT2D eigenvalue weighted by Crippen LogP contribution is 2.16. The van der Waals surface area contributed by atoms with Crippen molar-refractivity contribution in [3.05, 3.63) is 47.8 Å². The van der Waals surface area contributed by atoms with Gasteiger partial charge in [-0.1, -0.05) is 12.1 Å². The van der Waals surface area contributed by atoms with E-state index in [1.54, 1.807) is 17.1 Å². The van der Waals surface area contributed by atoms with Crippen LogP contribution in [0.5, 0.6) is 0 Å². The number of anilines is 1. The first-order chi connectivity index (χ1) is 10.2. The number of benzene rings is 1. The number of carbonyl (C=O) groups is 1. The lowest BCUT2D eigenvalue weighted by molar-refractivity contribution is -0.424. The molecule has 2 aromatic rings. The number of aromatic nitrogens is 2. The number of amides is 2. The van der Waals surface area contributed by atoms with E-state index in [2.05, 4.69) is 15.4 Å². The third-order valence-corrected chi connectivity index (χ3v) is 3.19. The molecule has 106 valence electrons. The molecular weight excluding hydrogens is 268 g/mol. The number of quaternary nitrogens is 1. The van der Waals surface area contributed by atoms with E-state index in [9.17, 15) is 4.79 Å². The summed E-state index contributed by atoms with van der Waals surface area (Å²) in [5.74, 6) is 0.578. The Labute approximate surface area is 121 Å². The fraction of sp³-hybridized carbons (Fsp3) is 0.143. The minimum Gasteiger partial charge on any atom is -0.282 e. The maximum atomic E-state index is 11.7. The van der Waals surface area contributed by atoms with Crippen molar-refractivity contribution in [3.8, 4) is 0 Å². The molecule has 0 atom stereocenters. The van der Waals surface area contributed by atoms with E-state index in [0.717, 1.165) is 12.1 Å². The predicted octanol–water partition coefficient (Wildman–Crippen LogP) is 0.784. The minimum atomic E-state index is -0.232. The first kappa shape index (κ1) is 13.2. The fourth-order valence-electron chi connectivity index (χ4n) is 2.12. The third kappa shape index (κ3) is 2.59. The number of fused-ring (bicyclic) bond motifs is 1. The zero-order valence-corrected chi connectivity index (χ0v) is 11.5. The Balaban J connectivity index is 1.95. The van der Waals surface area contributed by atoms with Crippen molar-refractivity contribution in [2.45, 2.75) is 13.5 Å². The molecule has 0 spiro atoms. The minimum absolute atomic E-state index is 0.0884. The van der Waals surface area contributed by atoms with Gasteiger partial charge in [0.25, 0.3) is 0 Å². The van der Waals surface area contributed by atoms with Crippen LogP contribution in [0.15, 0.2) is 41.7 Å². The molecule has 4 N–H and O–H groups in total. The zero-order chi connectivity index (χ0) is 14.8. The van der Waals surface area contributed by atoms with Crippen LogP contribution in [-0.4, -0.2) is 27.5 Å². The summed E-state index contributed by atoms with van der Waals surface area (Å²) in [5, 5.41) is 16.4. The molecule has 7 nitrogen and oxygen atoms in total. The van der Waals surface area contributed by atoms with E-state index in [1.165, 1.54) is 5.32 Å². The number of hydrogen-bond donors (Lipinski definition) is 3. The van der Waals surface area contributed by atoms with Crippen molar-refractivity contribution in [3.63, 3.8) is 0 Å². The Morgan fingerprint density at radius 3 is 3.05 bits per heavy atom. The molecule has 0 fully saturated rings. The Kier molecular flexibility index (Phi) is 3.33. The second kappa shape index (κ2) is 5.29. The van der Waals surface area contributed by atoms with E-state index >= 15 is 0 Å². The van der Waals surface area contributed by atoms with Crippen LogP contribution >= 0.6 is 0 Å². The topological polar surface area (TPSA) is 99.7 Å². The molecule has 0 radical (unpaired) electrons. The van der Waals surface area contributed by atoms with Crippen LogP contribution in [0.3, 0.4) is 0 Å². The Bertz CT molecular complexity index is 745. The first-order valence-corrected chi connectivity index (χ1v) is 6.62. The number of para-hydroxylation sites is 1. The summed E-state index contributed by atoms with van der Waals surface area (Å²) in [7, 11) is 0. The predicted molar refractivity (Wildman–Crippen MR) is 78.7 cm³/mol. The molecule has 1 aromatic carbocycles. The highest BCUT2D eigenvalue weighted by atomic mass is 16.2. The molecule has 0 unspecified atom stereocenters. The molecule has 7 heteroatoms. The number of nitrogens with one attached hydrogen (secondary N) is 2. The standard InChI is InChI=1S/C14H14N6O/c1-2-20-8-9(7-16-20)12(15)18-13-10-5-3-4-6-11(10)17-14(21)19-13/h3-8H,2H2,1H3,(H3,15,17,18,19,21)/p+1. The van der Waals surface area contributed by atoms with Gasteiger partial charge in [-0.2, -0.15) is 10.1 Å². The Morgan fingerprint density at radius 1 is 1.48 bits per heavy atom. The van der Waals surface area contributed by atoms with Gasteiger partial charge >= 0.3 is 6.03 Å². The van der Waals surface area contributed by atoms with Gasteiger partial charge in [-0.3, -0.25) is 15.4 Å². The summed E-state index contributed by atoms with van der Waals surface area (Å²) in [4.78, 5) is 15.9. The van der Waals surface area contributed by atoms with Gasteiger partial charge in [0, 0.05) is 12.7 Å². The second-order valence-corrected chi connectivity index (χ2v) is 4.61. The van der Waals surface area contributed by atoms with Crippen LogP contribution < -0.4 is 10.6 Å². The summed E-state index contributed by atoms with van der Waals surface area (Å²) in [6.45, 7) is 2.71. The van der Waals surface area contributed by atoms with Gasteiger partial charge < -0.3 is 0 Å². The molecule has 2 amide bonds. The summed E-state index contributed by atoms with van der Waals surface area (Å²) in [5.41, 5.74) is 2.15. The van der Waals surface area contributed by atoms with Crippen molar-refractivity contribution >= 4 is 23.4 Å². The number of urea groups is 1. The van der Waals surface area contributed by atoms with Crippen molar-refractivity contribution in [1.82, 2.24) is 9.78 Å². The number of carbonyl (C=O) groups excluding carboxylic acids is 1. The van der Waals surface area contributed by atoms with E-state index in [0.29, 0.717) is 17.1 Å². The van der Waals surface area contributed by atoms with Gasteiger partial charge in [0.15, 0.2) is 5.84 Å². The largest absolute Gasteiger partial charge is 0.424 e. The van der Waals surface area contributed by atoms with Gasteiger partial charge in [0.1, 0.15) is 0 Å². The van der Waals surface area contributed by atoms with Crippen molar-refractivity contribution in [2.24, 2.45) is 4.99 Å². The number of amidine groups is 2. The molecule has 0 saturated heterocycles. The maximum Gasteiger partial charge on any atom is 0.424 e. The number of nitrogens with two attached hydrogens (primary N) is 1. The van der Waals surface area contributed by atoms with Crippen LogP contribution in [-0.2, 0) is 6.54 Å². The van der Waals surface area contributed by atoms with E-state index in [4.69, 9.17) is 5.41 Å². The number of primary amides is 1. The molecule has 1 aromatic heterocycles. The van der Waals surface area contributed by atoms with Gasteiger partial charge in [-0.25, -0.2) is 10.1 Å². The lowest BCUT2D eigenvalue weighted by Gasteiger charge is -2.14. The highest BCUT2D eigenvalue weighted by molar-refractivity contribution is 6.13. The fourth-order valence-corrected chi connectivity index (χ4v) is 2.12. The summed E-state index contributed by atoms with van der Waals surface area (Å²) >= 11 is 0. The Morgan fingerprint density at radius 2 is 2.29 bits per heavy atom. The van der Waals surface area contributed by atoms with Gasteiger partial charge in [-0.05, 0) is 19.1 Å². The molecule has 0 aliphatic carbocycles. The van der Waals surface area contributed by atoms with Crippen molar-refractivity contribution in [1.29, 1.82) is 5.41 Å². The zero-order valence-electron chi connectivity index (χ0n) is 11.5. The van der Waals surface area contributed by atoms with Crippen LogP contribution in [0.4, 0.5) is 10.5 Å². The van der Waals surface area contributed by atoms with Crippen LogP contribution in [0, 0.1) is 5.41 Å². The molecule has 0 saturated carbocycles. The van der Waals surface area contributed by atoms with Crippen LogP contribution in [0.25, 0.3) is 0 Å². The van der Waals surface area contributed by atoms with Crippen LogP contribution in [0.2, 0.25) is 0 Å². The second-order valence-electron chi connectivity index (χ2n) is 4.61. The number of aryl methyl sites for hydroxylation is 1. The summed E-state index contributed by atoms with van der Waals surface area (Å²) in [6, 6.07) is 7.17. The molecule has 0 bridgehead atoms.